The summed E-state index contributed by atoms with van der Waals surface area (Å²) in [6.45, 7) is 5.31. The highest BCUT2D eigenvalue weighted by Crippen LogP contribution is 2.31. The van der Waals surface area contributed by atoms with Crippen molar-refractivity contribution >= 4 is 10.0 Å². The van der Waals surface area contributed by atoms with E-state index in [9.17, 15) is 8.42 Å². The van der Waals surface area contributed by atoms with Crippen molar-refractivity contribution in [2.75, 3.05) is 27.3 Å². The molecule has 1 aromatic rings. The average Bonchev–Trinajstić information content (AvgIpc) is 2.59. The van der Waals surface area contributed by atoms with Crippen LogP contribution in [0.15, 0.2) is 23.1 Å². The molecule has 0 saturated carbocycles. The third-order valence-electron chi connectivity index (χ3n) is 4.01. The normalized spacial score (nSPS) is 11.7. The lowest BCUT2D eigenvalue weighted by atomic mass is 10.2. The van der Waals surface area contributed by atoms with Gasteiger partial charge >= 0.3 is 0 Å². The Hall–Kier alpha value is -1.27. The van der Waals surface area contributed by atoms with Gasteiger partial charge in [-0.2, -0.15) is 4.31 Å². The first-order valence-electron chi connectivity index (χ1n) is 8.73. The van der Waals surface area contributed by atoms with Crippen LogP contribution in [-0.4, -0.2) is 40.0 Å². The Balaban J connectivity index is 3.12. The van der Waals surface area contributed by atoms with Gasteiger partial charge < -0.3 is 9.47 Å². The molecule has 0 unspecified atom stereocenters. The SMILES string of the molecule is CCCCCN(CCCCC)S(=O)(=O)c1cc(OC)ccc1OC. The van der Waals surface area contributed by atoms with Gasteiger partial charge in [0.15, 0.2) is 0 Å². The van der Waals surface area contributed by atoms with E-state index in [0.29, 0.717) is 24.6 Å². The van der Waals surface area contributed by atoms with Crippen molar-refractivity contribution in [3.8, 4) is 11.5 Å². The largest absolute Gasteiger partial charge is 0.497 e. The zero-order chi connectivity index (χ0) is 18.0. The minimum Gasteiger partial charge on any atom is -0.497 e. The van der Waals surface area contributed by atoms with Crippen LogP contribution in [-0.2, 0) is 10.0 Å². The van der Waals surface area contributed by atoms with E-state index in [2.05, 4.69) is 13.8 Å². The summed E-state index contributed by atoms with van der Waals surface area (Å²) in [5, 5.41) is 0. The number of unbranched alkanes of at least 4 members (excludes halogenated alkanes) is 4. The molecule has 0 N–H and O–H groups in total. The Kier molecular flexibility index (Phi) is 9.14. The van der Waals surface area contributed by atoms with Crippen LogP contribution in [0.1, 0.15) is 52.4 Å². The monoisotopic (exact) mass is 357 g/mol. The highest BCUT2D eigenvalue weighted by atomic mass is 32.2. The molecule has 0 fully saturated rings. The molecule has 6 heteroatoms. The molecule has 138 valence electrons. The molecule has 1 aromatic carbocycles. The van der Waals surface area contributed by atoms with Crippen molar-refractivity contribution in [1.82, 2.24) is 4.31 Å². The smallest absolute Gasteiger partial charge is 0.246 e. The number of hydrogen-bond acceptors (Lipinski definition) is 4. The predicted octanol–water partition coefficient (Wildman–Crippen LogP) is 4.07. The van der Waals surface area contributed by atoms with Crippen LogP contribution in [0.5, 0.6) is 11.5 Å². The van der Waals surface area contributed by atoms with Crippen LogP contribution in [0.2, 0.25) is 0 Å². The number of benzene rings is 1. The molecule has 0 aromatic heterocycles. The maximum absolute atomic E-state index is 13.2. The Morgan fingerprint density at radius 3 is 1.96 bits per heavy atom. The topological polar surface area (TPSA) is 55.8 Å². The Morgan fingerprint density at radius 1 is 0.917 bits per heavy atom. The first kappa shape index (κ1) is 20.8. The Morgan fingerprint density at radius 2 is 1.50 bits per heavy atom. The standard InChI is InChI=1S/C18H31NO4S/c1-5-7-9-13-19(14-10-8-6-2)24(20,21)18-15-16(22-3)11-12-17(18)23-4/h11-12,15H,5-10,13-14H2,1-4H3. The quantitative estimate of drug-likeness (QED) is 0.529. The van der Waals surface area contributed by atoms with Crippen LogP contribution in [0.25, 0.3) is 0 Å². The van der Waals surface area contributed by atoms with Gasteiger partial charge in [0.2, 0.25) is 10.0 Å². The predicted molar refractivity (Wildman–Crippen MR) is 97.4 cm³/mol. The number of rotatable bonds is 12. The molecular weight excluding hydrogens is 326 g/mol. The second-order valence-electron chi connectivity index (χ2n) is 5.84. The van der Waals surface area contributed by atoms with Crippen molar-refractivity contribution in [2.45, 2.75) is 57.3 Å². The summed E-state index contributed by atoms with van der Waals surface area (Å²) in [7, 11) is -0.597. The molecule has 0 heterocycles. The highest BCUT2D eigenvalue weighted by molar-refractivity contribution is 7.89. The van der Waals surface area contributed by atoms with E-state index in [0.717, 1.165) is 38.5 Å². The molecule has 5 nitrogen and oxygen atoms in total. The molecule has 0 aliphatic heterocycles. The van der Waals surface area contributed by atoms with Crippen LogP contribution in [0, 0.1) is 0 Å². The van der Waals surface area contributed by atoms with Gasteiger partial charge in [-0.1, -0.05) is 39.5 Å². The first-order chi connectivity index (χ1) is 11.5. The van der Waals surface area contributed by atoms with E-state index in [1.807, 2.05) is 0 Å². The lowest BCUT2D eigenvalue weighted by Crippen LogP contribution is -2.33. The van der Waals surface area contributed by atoms with Crippen molar-refractivity contribution in [3.63, 3.8) is 0 Å². The van der Waals surface area contributed by atoms with E-state index >= 15 is 0 Å². The number of sulfonamides is 1. The van der Waals surface area contributed by atoms with Crippen LogP contribution < -0.4 is 9.47 Å². The molecule has 0 aliphatic rings. The second-order valence-corrected chi connectivity index (χ2v) is 7.74. The average molecular weight is 358 g/mol. The first-order valence-corrected chi connectivity index (χ1v) is 10.2. The minimum atomic E-state index is -3.61. The Bertz CT molecular complexity index is 577. The second kappa shape index (κ2) is 10.6. The van der Waals surface area contributed by atoms with Crippen LogP contribution >= 0.6 is 0 Å². The van der Waals surface area contributed by atoms with Gasteiger partial charge in [0.05, 0.1) is 14.2 Å². The van der Waals surface area contributed by atoms with Gasteiger partial charge in [-0.15, -0.1) is 0 Å². The van der Waals surface area contributed by atoms with Crippen molar-refractivity contribution in [3.05, 3.63) is 18.2 Å². The van der Waals surface area contributed by atoms with E-state index in [-0.39, 0.29) is 4.90 Å². The molecule has 0 amide bonds. The van der Waals surface area contributed by atoms with E-state index < -0.39 is 10.0 Å². The summed E-state index contributed by atoms with van der Waals surface area (Å²) in [5.74, 6) is 0.864. The molecule has 0 radical (unpaired) electrons. The minimum absolute atomic E-state index is 0.178. The van der Waals surface area contributed by atoms with Gasteiger partial charge in [-0.05, 0) is 25.0 Å². The van der Waals surface area contributed by atoms with E-state index in [4.69, 9.17) is 9.47 Å². The number of ether oxygens (including phenoxy) is 2. The summed E-state index contributed by atoms with van der Waals surface area (Å²) < 4.78 is 38.4. The lowest BCUT2D eigenvalue weighted by Gasteiger charge is -2.23. The highest BCUT2D eigenvalue weighted by Gasteiger charge is 2.27. The van der Waals surface area contributed by atoms with Gasteiger partial charge in [0.25, 0.3) is 0 Å². The fourth-order valence-corrected chi connectivity index (χ4v) is 4.24. The molecule has 1 rings (SSSR count). The van der Waals surface area contributed by atoms with Crippen LogP contribution in [0.4, 0.5) is 0 Å². The fourth-order valence-electron chi connectivity index (χ4n) is 2.55. The molecule has 0 aliphatic carbocycles. The third kappa shape index (κ3) is 5.67. The van der Waals surface area contributed by atoms with E-state index in [1.165, 1.54) is 14.2 Å². The lowest BCUT2D eigenvalue weighted by molar-refractivity contribution is 0.373. The summed E-state index contributed by atoms with van der Waals surface area (Å²) >= 11 is 0. The van der Waals surface area contributed by atoms with Gasteiger partial charge in [-0.25, -0.2) is 8.42 Å². The molecule has 0 saturated heterocycles. The van der Waals surface area contributed by atoms with Crippen molar-refractivity contribution in [2.24, 2.45) is 0 Å². The fraction of sp³-hybridized carbons (Fsp3) is 0.667. The summed E-state index contributed by atoms with van der Waals surface area (Å²) in [6, 6.07) is 4.89. The van der Waals surface area contributed by atoms with Crippen molar-refractivity contribution < 1.29 is 17.9 Å². The molecule has 0 bridgehead atoms. The molecule has 0 atom stereocenters. The maximum atomic E-state index is 13.2. The zero-order valence-corrected chi connectivity index (χ0v) is 16.2. The number of methoxy groups -OCH3 is 2. The molecular formula is C18H31NO4S. The molecule has 0 spiro atoms. The van der Waals surface area contributed by atoms with Crippen molar-refractivity contribution in [1.29, 1.82) is 0 Å². The number of hydrogen-bond donors (Lipinski definition) is 0. The zero-order valence-electron chi connectivity index (χ0n) is 15.4. The van der Waals surface area contributed by atoms with Gasteiger partial charge in [-0.3, -0.25) is 0 Å². The maximum Gasteiger partial charge on any atom is 0.246 e. The number of nitrogens with zero attached hydrogens (tertiary/aromatic N) is 1. The van der Waals surface area contributed by atoms with Gasteiger partial charge in [0.1, 0.15) is 16.4 Å². The summed E-state index contributed by atoms with van der Waals surface area (Å²) in [6.07, 6.45) is 5.91. The summed E-state index contributed by atoms with van der Waals surface area (Å²) in [4.78, 5) is 0.178. The van der Waals surface area contributed by atoms with Gasteiger partial charge in [0, 0.05) is 19.2 Å². The summed E-state index contributed by atoms with van der Waals surface area (Å²) in [5.41, 5.74) is 0. The Labute approximate surface area is 147 Å². The van der Waals surface area contributed by atoms with Crippen LogP contribution in [0.3, 0.4) is 0 Å². The molecule has 24 heavy (non-hydrogen) atoms. The van der Waals surface area contributed by atoms with E-state index in [1.54, 1.807) is 22.5 Å². The third-order valence-corrected chi connectivity index (χ3v) is 5.93.